The van der Waals surface area contributed by atoms with Gasteiger partial charge in [0.25, 0.3) is 0 Å². The van der Waals surface area contributed by atoms with E-state index < -0.39 is 0 Å². The molecule has 0 spiro atoms. The third kappa shape index (κ3) is 4.11. The van der Waals surface area contributed by atoms with Gasteiger partial charge in [-0.15, -0.1) is 11.3 Å². The SMILES string of the molecule is Cc1ccc(-c2ncc(CNc3cc(-c4cccnc4)nn3CCO)s2)cc1. The molecule has 3 aromatic heterocycles. The first-order valence-electron chi connectivity index (χ1n) is 9.07. The fourth-order valence-corrected chi connectivity index (χ4v) is 3.73. The fourth-order valence-electron chi connectivity index (χ4n) is 2.88. The lowest BCUT2D eigenvalue weighted by Gasteiger charge is -2.07. The molecule has 7 heteroatoms. The van der Waals surface area contributed by atoms with Crippen LogP contribution < -0.4 is 5.32 Å². The minimum Gasteiger partial charge on any atom is -0.394 e. The molecule has 0 saturated heterocycles. The second kappa shape index (κ2) is 8.33. The van der Waals surface area contributed by atoms with Gasteiger partial charge in [-0.3, -0.25) is 4.98 Å². The molecule has 4 rings (SSSR count). The van der Waals surface area contributed by atoms with Crippen molar-refractivity contribution in [3.8, 4) is 21.8 Å². The molecule has 1 aromatic carbocycles. The number of aromatic nitrogens is 4. The second-order valence-electron chi connectivity index (χ2n) is 6.45. The van der Waals surface area contributed by atoms with Crippen molar-refractivity contribution >= 4 is 17.2 Å². The third-order valence-corrected chi connectivity index (χ3v) is 5.39. The minimum absolute atomic E-state index is 0.0287. The summed E-state index contributed by atoms with van der Waals surface area (Å²) in [5.41, 5.74) is 4.14. The molecule has 0 saturated carbocycles. The molecule has 0 aliphatic carbocycles. The van der Waals surface area contributed by atoms with Crippen LogP contribution in [-0.4, -0.2) is 31.5 Å². The monoisotopic (exact) mass is 391 g/mol. The van der Waals surface area contributed by atoms with E-state index in [1.165, 1.54) is 5.56 Å². The Kier molecular flexibility index (Phi) is 5.45. The molecule has 28 heavy (non-hydrogen) atoms. The molecule has 0 aliphatic heterocycles. The topological polar surface area (TPSA) is 75.9 Å². The summed E-state index contributed by atoms with van der Waals surface area (Å²) in [6, 6.07) is 14.2. The molecule has 4 aromatic rings. The summed E-state index contributed by atoms with van der Waals surface area (Å²) in [4.78, 5) is 9.83. The van der Waals surface area contributed by atoms with Gasteiger partial charge in [0.15, 0.2) is 0 Å². The zero-order valence-electron chi connectivity index (χ0n) is 15.5. The lowest BCUT2D eigenvalue weighted by atomic mass is 10.2. The average molecular weight is 392 g/mol. The molecular formula is C21H21N5OS. The van der Waals surface area contributed by atoms with Crippen molar-refractivity contribution < 1.29 is 5.11 Å². The highest BCUT2D eigenvalue weighted by Crippen LogP contribution is 2.27. The third-order valence-electron chi connectivity index (χ3n) is 4.34. The number of nitrogens with one attached hydrogen (secondary N) is 1. The van der Waals surface area contributed by atoms with Crippen LogP contribution in [0.5, 0.6) is 0 Å². The molecule has 0 aliphatic rings. The number of anilines is 1. The summed E-state index contributed by atoms with van der Waals surface area (Å²) in [6.07, 6.45) is 5.43. The number of pyridine rings is 1. The van der Waals surface area contributed by atoms with Crippen LogP contribution >= 0.6 is 11.3 Å². The maximum Gasteiger partial charge on any atom is 0.125 e. The van der Waals surface area contributed by atoms with Crippen molar-refractivity contribution in [2.45, 2.75) is 20.0 Å². The van der Waals surface area contributed by atoms with E-state index in [0.717, 1.165) is 32.5 Å². The van der Waals surface area contributed by atoms with Crippen LogP contribution in [0.1, 0.15) is 10.4 Å². The molecule has 3 heterocycles. The molecule has 2 N–H and O–H groups in total. The predicted octanol–water partition coefficient (Wildman–Crippen LogP) is 3.98. The molecule has 0 fully saturated rings. The van der Waals surface area contributed by atoms with Crippen LogP contribution in [0.25, 0.3) is 21.8 Å². The van der Waals surface area contributed by atoms with Crippen molar-refractivity contribution in [3.63, 3.8) is 0 Å². The highest BCUT2D eigenvalue weighted by Gasteiger charge is 2.11. The van der Waals surface area contributed by atoms with E-state index >= 15 is 0 Å². The van der Waals surface area contributed by atoms with Gasteiger partial charge in [0, 0.05) is 40.7 Å². The van der Waals surface area contributed by atoms with E-state index in [1.807, 2.05) is 24.4 Å². The number of rotatable bonds is 7. The molecule has 0 bridgehead atoms. The van der Waals surface area contributed by atoms with Crippen molar-refractivity contribution in [1.29, 1.82) is 0 Å². The molecule has 0 radical (unpaired) electrons. The van der Waals surface area contributed by atoms with Crippen LogP contribution in [0.2, 0.25) is 0 Å². The van der Waals surface area contributed by atoms with Gasteiger partial charge in [-0.25, -0.2) is 9.67 Å². The summed E-state index contributed by atoms with van der Waals surface area (Å²) in [7, 11) is 0. The Morgan fingerprint density at radius 1 is 1.11 bits per heavy atom. The van der Waals surface area contributed by atoms with Gasteiger partial charge in [-0.2, -0.15) is 5.10 Å². The largest absolute Gasteiger partial charge is 0.394 e. The van der Waals surface area contributed by atoms with E-state index in [9.17, 15) is 5.11 Å². The molecule has 0 unspecified atom stereocenters. The first kappa shape index (κ1) is 18.3. The standard InChI is InChI=1S/C21H21N5OS/c1-15-4-6-16(7-5-15)21-24-14-18(28-21)13-23-20-11-19(25-26(20)9-10-27)17-3-2-8-22-12-17/h2-8,11-12,14,23,27H,9-10,13H2,1H3. The highest BCUT2D eigenvalue weighted by molar-refractivity contribution is 7.15. The number of aliphatic hydroxyl groups excluding tert-OH is 1. The van der Waals surface area contributed by atoms with Crippen molar-refractivity contribution in [1.82, 2.24) is 19.7 Å². The summed E-state index contributed by atoms with van der Waals surface area (Å²) < 4.78 is 1.78. The Bertz CT molecular complexity index is 1040. The number of benzene rings is 1. The molecule has 6 nitrogen and oxygen atoms in total. The summed E-state index contributed by atoms with van der Waals surface area (Å²) in [5, 5.41) is 18.4. The fraction of sp³-hybridized carbons (Fsp3) is 0.190. The summed E-state index contributed by atoms with van der Waals surface area (Å²) in [5.74, 6) is 0.859. The van der Waals surface area contributed by atoms with Gasteiger partial charge in [-0.05, 0) is 19.1 Å². The van der Waals surface area contributed by atoms with Crippen LogP contribution in [-0.2, 0) is 13.1 Å². The Labute approximate surface area is 167 Å². The molecule has 0 amide bonds. The van der Waals surface area contributed by atoms with Crippen molar-refractivity contribution in [2.24, 2.45) is 0 Å². The zero-order valence-corrected chi connectivity index (χ0v) is 16.4. The van der Waals surface area contributed by atoms with Gasteiger partial charge in [-0.1, -0.05) is 29.8 Å². The molecule has 142 valence electrons. The molecule has 0 atom stereocenters. The van der Waals surface area contributed by atoms with Crippen LogP contribution in [0.15, 0.2) is 61.1 Å². The lowest BCUT2D eigenvalue weighted by molar-refractivity contribution is 0.270. The Morgan fingerprint density at radius 3 is 2.71 bits per heavy atom. The van der Waals surface area contributed by atoms with E-state index in [1.54, 1.807) is 28.4 Å². The Hall–Kier alpha value is -3.03. The first-order valence-corrected chi connectivity index (χ1v) is 9.89. The van der Waals surface area contributed by atoms with Crippen LogP contribution in [0.3, 0.4) is 0 Å². The zero-order chi connectivity index (χ0) is 19.3. The summed E-state index contributed by atoms with van der Waals surface area (Å²) >= 11 is 1.67. The number of nitrogens with zero attached hydrogens (tertiary/aromatic N) is 4. The number of thiazole rings is 1. The van der Waals surface area contributed by atoms with E-state index in [2.05, 4.69) is 51.6 Å². The van der Waals surface area contributed by atoms with Gasteiger partial charge < -0.3 is 10.4 Å². The van der Waals surface area contributed by atoms with Gasteiger partial charge in [0.1, 0.15) is 10.8 Å². The number of hydrogen-bond acceptors (Lipinski definition) is 6. The normalized spacial score (nSPS) is 10.9. The van der Waals surface area contributed by atoms with Gasteiger partial charge in [0.05, 0.1) is 25.4 Å². The predicted molar refractivity (Wildman–Crippen MR) is 112 cm³/mol. The number of hydrogen-bond donors (Lipinski definition) is 2. The smallest absolute Gasteiger partial charge is 0.125 e. The van der Waals surface area contributed by atoms with E-state index in [-0.39, 0.29) is 6.61 Å². The first-order chi connectivity index (χ1) is 13.7. The number of aryl methyl sites for hydroxylation is 1. The number of aliphatic hydroxyl groups is 1. The van der Waals surface area contributed by atoms with Gasteiger partial charge in [0.2, 0.25) is 0 Å². The Morgan fingerprint density at radius 2 is 1.96 bits per heavy atom. The summed E-state index contributed by atoms with van der Waals surface area (Å²) in [6.45, 7) is 3.18. The molecular weight excluding hydrogens is 370 g/mol. The second-order valence-corrected chi connectivity index (χ2v) is 7.57. The van der Waals surface area contributed by atoms with E-state index in [4.69, 9.17) is 0 Å². The maximum atomic E-state index is 9.35. The van der Waals surface area contributed by atoms with Crippen LogP contribution in [0.4, 0.5) is 5.82 Å². The Balaban J connectivity index is 1.50. The highest BCUT2D eigenvalue weighted by atomic mass is 32.1. The lowest BCUT2D eigenvalue weighted by Crippen LogP contribution is -2.09. The van der Waals surface area contributed by atoms with Gasteiger partial charge >= 0.3 is 0 Å². The minimum atomic E-state index is 0.0287. The average Bonchev–Trinajstić information content (AvgIpc) is 3.35. The van der Waals surface area contributed by atoms with Crippen molar-refractivity contribution in [2.75, 3.05) is 11.9 Å². The quantitative estimate of drug-likeness (QED) is 0.498. The maximum absolute atomic E-state index is 9.35. The van der Waals surface area contributed by atoms with Crippen molar-refractivity contribution in [3.05, 3.63) is 71.5 Å². The van der Waals surface area contributed by atoms with Crippen LogP contribution in [0, 0.1) is 6.92 Å². The van der Waals surface area contributed by atoms with E-state index in [0.29, 0.717) is 13.1 Å².